The number of carboxylic acids is 1. The van der Waals surface area contributed by atoms with Gasteiger partial charge in [-0.05, 0) is 48.2 Å². The number of benzene rings is 2. The Morgan fingerprint density at radius 1 is 1.19 bits per heavy atom. The van der Waals surface area contributed by atoms with Gasteiger partial charge in [-0.15, -0.1) is 0 Å². The molecule has 27 heavy (non-hydrogen) atoms. The summed E-state index contributed by atoms with van der Waals surface area (Å²) in [6.07, 6.45) is 0.0113. The van der Waals surface area contributed by atoms with Gasteiger partial charge in [0, 0.05) is 0 Å². The first kappa shape index (κ1) is 20.6. The van der Waals surface area contributed by atoms with E-state index in [-0.39, 0.29) is 16.9 Å². The second kappa shape index (κ2) is 8.32. The van der Waals surface area contributed by atoms with Crippen molar-refractivity contribution in [2.75, 3.05) is 0 Å². The van der Waals surface area contributed by atoms with Gasteiger partial charge in [-0.25, -0.2) is 8.42 Å². The number of hydrogen-bond acceptors (Lipinski definition) is 5. The molecule has 0 radical (unpaired) electrons. The minimum absolute atomic E-state index is 0.0113. The normalized spacial score (nSPS) is 12.6. The number of carbonyl (C=O) groups is 2. The van der Waals surface area contributed by atoms with Crippen molar-refractivity contribution in [3.8, 4) is 11.5 Å². The van der Waals surface area contributed by atoms with Gasteiger partial charge in [0.15, 0.2) is 6.04 Å². The lowest BCUT2D eigenvalue weighted by Crippen LogP contribution is -2.41. The Labute approximate surface area is 158 Å². The van der Waals surface area contributed by atoms with Crippen molar-refractivity contribution >= 4 is 22.3 Å². The molecule has 0 aliphatic rings. The van der Waals surface area contributed by atoms with Crippen LogP contribution in [0.3, 0.4) is 0 Å². The monoisotopic (exact) mass is 391 g/mol. The van der Waals surface area contributed by atoms with Gasteiger partial charge in [-0.3, -0.25) is 4.79 Å². The number of nitrogens with one attached hydrogen (secondary N) is 1. The molecule has 2 aromatic rings. The zero-order chi connectivity index (χ0) is 20.2. The van der Waals surface area contributed by atoms with E-state index in [4.69, 9.17) is 9.84 Å². The van der Waals surface area contributed by atoms with Gasteiger partial charge in [0.1, 0.15) is 22.7 Å². The molecule has 2 rings (SSSR count). The number of hydrogen-bond donors (Lipinski definition) is 2. The van der Waals surface area contributed by atoms with Crippen LogP contribution in [0.2, 0.25) is 0 Å². The molecule has 0 aromatic heterocycles. The molecule has 0 bridgehead atoms. The molecule has 0 heterocycles. The minimum atomic E-state index is -4.29. The van der Waals surface area contributed by atoms with Crippen LogP contribution in [-0.4, -0.2) is 31.8 Å². The summed E-state index contributed by atoms with van der Waals surface area (Å²) in [5.41, 5.74) is 2.16. The van der Waals surface area contributed by atoms with Crippen LogP contribution in [0.15, 0.2) is 47.4 Å². The van der Waals surface area contributed by atoms with Crippen molar-refractivity contribution in [1.82, 2.24) is 4.72 Å². The van der Waals surface area contributed by atoms with Crippen molar-refractivity contribution in [3.05, 3.63) is 53.6 Å². The van der Waals surface area contributed by atoms with Crippen LogP contribution in [0.1, 0.15) is 30.9 Å². The lowest BCUT2D eigenvalue weighted by molar-refractivity contribution is -0.140. The summed E-state index contributed by atoms with van der Waals surface area (Å²) < 4.78 is 32.6. The fourth-order valence-electron chi connectivity index (χ4n) is 2.61. The quantitative estimate of drug-likeness (QED) is 0.529. The highest BCUT2D eigenvalue weighted by molar-refractivity contribution is 7.89. The topological polar surface area (TPSA) is 110 Å². The van der Waals surface area contributed by atoms with Crippen molar-refractivity contribution < 1.29 is 27.9 Å². The number of aliphatic carboxylic acids is 1. The van der Waals surface area contributed by atoms with Gasteiger partial charge in [0.05, 0.1) is 0 Å². The number of sulfonamides is 1. The molecule has 0 spiro atoms. The smallest absolute Gasteiger partial charge is 0.329 e. The van der Waals surface area contributed by atoms with Crippen molar-refractivity contribution in [2.24, 2.45) is 0 Å². The highest BCUT2D eigenvalue weighted by atomic mass is 32.2. The zero-order valence-electron chi connectivity index (χ0n) is 15.2. The van der Waals surface area contributed by atoms with E-state index in [1.165, 1.54) is 18.2 Å². The molecule has 144 valence electrons. The van der Waals surface area contributed by atoms with Crippen LogP contribution < -0.4 is 9.46 Å². The first-order chi connectivity index (χ1) is 12.7. The average Bonchev–Trinajstić information content (AvgIpc) is 2.59. The summed E-state index contributed by atoms with van der Waals surface area (Å²) in [6.45, 7) is 6.08. The maximum absolute atomic E-state index is 12.5. The molecule has 8 heteroatoms. The average molecular weight is 391 g/mol. The van der Waals surface area contributed by atoms with Crippen LogP contribution in [0.4, 0.5) is 0 Å². The van der Waals surface area contributed by atoms with E-state index < -0.39 is 22.0 Å². The Morgan fingerprint density at radius 3 is 2.41 bits per heavy atom. The maximum atomic E-state index is 12.5. The number of para-hydroxylation sites is 1. The third-order valence-electron chi connectivity index (χ3n) is 3.91. The van der Waals surface area contributed by atoms with E-state index >= 15 is 0 Å². The Balaban J connectivity index is 2.37. The van der Waals surface area contributed by atoms with Gasteiger partial charge in [-0.2, -0.15) is 4.72 Å². The van der Waals surface area contributed by atoms with E-state index in [9.17, 15) is 18.0 Å². The molecule has 0 aliphatic heterocycles. The first-order valence-corrected chi connectivity index (χ1v) is 9.72. The summed E-state index contributed by atoms with van der Waals surface area (Å²) in [4.78, 5) is 21.5. The Hall–Kier alpha value is -2.71. The molecule has 7 nitrogen and oxygen atoms in total. The summed E-state index contributed by atoms with van der Waals surface area (Å²) >= 11 is 0. The standard InChI is InChI=1S/C19H21NO6S/c1-12(2)15-9-8-14(10-13(15)3)26-17-6-4-5-7-18(17)27(24,25)20-16(11-21)19(22)23/h4-12,16,20H,1-3H3,(H,22,23)/t16-/m1/s1. The van der Waals surface area contributed by atoms with Crippen molar-refractivity contribution in [2.45, 2.75) is 37.6 Å². The Bertz CT molecular complexity index is 952. The van der Waals surface area contributed by atoms with Gasteiger partial charge in [0.25, 0.3) is 0 Å². The van der Waals surface area contributed by atoms with Crippen LogP contribution in [0.5, 0.6) is 11.5 Å². The molecule has 0 aliphatic carbocycles. The number of carboxylic acid groups (broad SMARTS) is 1. The number of ether oxygens (including phenoxy) is 1. The highest BCUT2D eigenvalue weighted by Crippen LogP contribution is 2.31. The molecular formula is C19H21NO6S. The highest BCUT2D eigenvalue weighted by Gasteiger charge is 2.27. The summed E-state index contributed by atoms with van der Waals surface area (Å²) in [5.74, 6) is -0.777. The molecular weight excluding hydrogens is 370 g/mol. The summed E-state index contributed by atoms with van der Waals surface area (Å²) in [5, 5.41) is 8.90. The third-order valence-corrected chi connectivity index (χ3v) is 5.39. The minimum Gasteiger partial charge on any atom is -0.480 e. The predicted octanol–water partition coefficient (Wildman–Crippen LogP) is 2.84. The number of rotatable bonds is 8. The molecule has 1 atom stereocenters. The van der Waals surface area contributed by atoms with E-state index in [1.807, 2.05) is 17.7 Å². The third kappa shape index (κ3) is 4.93. The fraction of sp³-hybridized carbons (Fsp3) is 0.263. The SMILES string of the molecule is Cc1cc(Oc2ccccc2S(=O)(=O)N[C@H](C=O)C(=O)O)ccc1C(C)C. The fourth-order valence-corrected chi connectivity index (χ4v) is 3.86. The number of carbonyl (C=O) groups excluding carboxylic acids is 1. The molecule has 0 fully saturated rings. The van der Waals surface area contributed by atoms with E-state index in [0.29, 0.717) is 11.7 Å². The van der Waals surface area contributed by atoms with E-state index in [1.54, 1.807) is 18.2 Å². The first-order valence-electron chi connectivity index (χ1n) is 8.23. The van der Waals surface area contributed by atoms with E-state index in [0.717, 1.165) is 11.1 Å². The lowest BCUT2D eigenvalue weighted by Gasteiger charge is -2.15. The maximum Gasteiger partial charge on any atom is 0.329 e. The van der Waals surface area contributed by atoms with Gasteiger partial charge in [-0.1, -0.05) is 32.0 Å². The van der Waals surface area contributed by atoms with Crippen molar-refractivity contribution in [3.63, 3.8) is 0 Å². The molecule has 2 N–H and O–H groups in total. The molecule has 0 amide bonds. The van der Waals surface area contributed by atoms with Gasteiger partial charge < -0.3 is 14.6 Å². The Kier molecular flexibility index (Phi) is 6.35. The Morgan fingerprint density at radius 2 is 1.85 bits per heavy atom. The van der Waals surface area contributed by atoms with Crippen LogP contribution >= 0.6 is 0 Å². The zero-order valence-corrected chi connectivity index (χ0v) is 16.0. The second-order valence-electron chi connectivity index (χ2n) is 6.30. The van der Waals surface area contributed by atoms with Gasteiger partial charge >= 0.3 is 5.97 Å². The van der Waals surface area contributed by atoms with Crippen LogP contribution in [0.25, 0.3) is 0 Å². The second-order valence-corrected chi connectivity index (χ2v) is 7.98. The summed E-state index contributed by atoms with van der Waals surface area (Å²) in [6, 6.07) is 9.38. The summed E-state index contributed by atoms with van der Waals surface area (Å²) in [7, 11) is -4.29. The molecule has 2 aromatic carbocycles. The van der Waals surface area contributed by atoms with Crippen LogP contribution in [0, 0.1) is 6.92 Å². The van der Waals surface area contributed by atoms with E-state index in [2.05, 4.69) is 13.8 Å². The predicted molar refractivity (Wildman–Crippen MR) is 99.6 cm³/mol. The van der Waals surface area contributed by atoms with Crippen LogP contribution in [-0.2, 0) is 19.6 Å². The van der Waals surface area contributed by atoms with Gasteiger partial charge in [0.2, 0.25) is 10.0 Å². The molecule has 0 saturated heterocycles. The van der Waals surface area contributed by atoms with Crippen molar-refractivity contribution in [1.29, 1.82) is 0 Å². The number of aldehydes is 1. The number of aryl methyl sites for hydroxylation is 1. The largest absolute Gasteiger partial charge is 0.480 e. The molecule has 0 saturated carbocycles. The lowest BCUT2D eigenvalue weighted by atomic mass is 9.98. The molecule has 0 unspecified atom stereocenters.